The Hall–Kier alpha value is -1.55. The topological polar surface area (TPSA) is 50.4 Å². The van der Waals surface area contributed by atoms with Crippen molar-refractivity contribution in [2.45, 2.75) is 32.2 Å². The highest BCUT2D eigenvalue weighted by Crippen LogP contribution is 2.41. The van der Waals surface area contributed by atoms with Crippen molar-refractivity contribution in [2.24, 2.45) is 5.92 Å². The van der Waals surface area contributed by atoms with Gasteiger partial charge in [0, 0.05) is 13.0 Å². The molecule has 4 nitrogen and oxygen atoms in total. The minimum absolute atomic E-state index is 0.124. The molecule has 0 saturated heterocycles. The lowest BCUT2D eigenvalue weighted by Crippen LogP contribution is -2.32. The van der Waals surface area contributed by atoms with Gasteiger partial charge < -0.3 is 15.4 Å². The van der Waals surface area contributed by atoms with E-state index in [2.05, 4.69) is 10.6 Å². The number of nitrogens with one attached hydrogen (secondary N) is 2. The van der Waals surface area contributed by atoms with Gasteiger partial charge >= 0.3 is 0 Å². The fraction of sp³-hybridized carbons (Fsp3) is 0.562. The Bertz CT molecular complexity index is 427. The Balaban J connectivity index is 1.94. The summed E-state index contributed by atoms with van der Waals surface area (Å²) in [5.41, 5.74) is 1.17. The molecule has 0 radical (unpaired) electrons. The standard InChI is InChI=1S/C16H24N2O2/c1-3-17-11-10-15(19)18-16(12-4-5-12)13-6-8-14(20-2)9-7-13/h6-9,12,16-17H,3-5,10-11H2,1-2H3,(H,18,19). The van der Waals surface area contributed by atoms with Crippen LogP contribution in [0.2, 0.25) is 0 Å². The third-order valence-electron chi connectivity index (χ3n) is 3.66. The van der Waals surface area contributed by atoms with E-state index in [0.29, 0.717) is 12.3 Å². The Morgan fingerprint density at radius 3 is 2.60 bits per heavy atom. The maximum Gasteiger partial charge on any atom is 0.221 e. The number of benzene rings is 1. The molecule has 1 aliphatic rings. The highest BCUT2D eigenvalue weighted by Gasteiger charge is 2.33. The Morgan fingerprint density at radius 1 is 1.35 bits per heavy atom. The lowest BCUT2D eigenvalue weighted by atomic mass is 10.0. The van der Waals surface area contributed by atoms with Crippen molar-refractivity contribution >= 4 is 5.91 Å². The number of rotatable bonds is 8. The van der Waals surface area contributed by atoms with E-state index in [1.54, 1.807) is 7.11 Å². The summed E-state index contributed by atoms with van der Waals surface area (Å²) in [6.45, 7) is 3.68. The normalized spacial score (nSPS) is 15.7. The van der Waals surface area contributed by atoms with Crippen LogP contribution in [0.1, 0.15) is 37.8 Å². The molecule has 1 saturated carbocycles. The van der Waals surface area contributed by atoms with E-state index in [0.717, 1.165) is 18.8 Å². The van der Waals surface area contributed by atoms with Gasteiger partial charge in [-0.05, 0) is 43.0 Å². The first-order valence-electron chi connectivity index (χ1n) is 7.38. The van der Waals surface area contributed by atoms with Gasteiger partial charge in [-0.2, -0.15) is 0 Å². The second-order valence-electron chi connectivity index (χ2n) is 5.26. The zero-order chi connectivity index (χ0) is 14.4. The molecule has 2 rings (SSSR count). The van der Waals surface area contributed by atoms with Crippen LogP contribution in [0.3, 0.4) is 0 Å². The van der Waals surface area contributed by atoms with Crippen molar-refractivity contribution < 1.29 is 9.53 Å². The van der Waals surface area contributed by atoms with Crippen molar-refractivity contribution in [3.05, 3.63) is 29.8 Å². The number of hydrogen-bond acceptors (Lipinski definition) is 3. The molecule has 0 spiro atoms. The minimum atomic E-state index is 0.124. The van der Waals surface area contributed by atoms with Crippen LogP contribution in [0.25, 0.3) is 0 Å². The molecule has 1 aromatic rings. The summed E-state index contributed by atoms with van der Waals surface area (Å²) in [5, 5.41) is 6.35. The van der Waals surface area contributed by atoms with E-state index in [9.17, 15) is 4.79 Å². The molecular formula is C16H24N2O2. The zero-order valence-electron chi connectivity index (χ0n) is 12.3. The molecule has 0 aromatic heterocycles. The van der Waals surface area contributed by atoms with Gasteiger partial charge in [0.05, 0.1) is 13.2 Å². The van der Waals surface area contributed by atoms with E-state index in [-0.39, 0.29) is 11.9 Å². The van der Waals surface area contributed by atoms with Gasteiger partial charge in [0.15, 0.2) is 0 Å². The van der Waals surface area contributed by atoms with Gasteiger partial charge in [-0.25, -0.2) is 0 Å². The van der Waals surface area contributed by atoms with Crippen LogP contribution in [0, 0.1) is 5.92 Å². The van der Waals surface area contributed by atoms with E-state index in [1.807, 2.05) is 31.2 Å². The third kappa shape index (κ3) is 4.23. The van der Waals surface area contributed by atoms with Gasteiger partial charge in [-0.15, -0.1) is 0 Å². The van der Waals surface area contributed by atoms with Crippen LogP contribution in [0.15, 0.2) is 24.3 Å². The first kappa shape index (κ1) is 14.9. The summed E-state index contributed by atoms with van der Waals surface area (Å²) in [6, 6.07) is 8.15. The maximum absolute atomic E-state index is 12.0. The van der Waals surface area contributed by atoms with Gasteiger partial charge in [0.2, 0.25) is 5.91 Å². The second kappa shape index (κ2) is 7.29. The summed E-state index contributed by atoms with van der Waals surface area (Å²) in [4.78, 5) is 12.0. The van der Waals surface area contributed by atoms with E-state index >= 15 is 0 Å². The minimum Gasteiger partial charge on any atom is -0.497 e. The molecule has 1 atom stereocenters. The van der Waals surface area contributed by atoms with Crippen molar-refractivity contribution in [3.63, 3.8) is 0 Å². The average molecular weight is 276 g/mol. The van der Waals surface area contributed by atoms with Crippen LogP contribution in [-0.2, 0) is 4.79 Å². The SMILES string of the molecule is CCNCCC(=O)NC(c1ccc(OC)cc1)C1CC1. The van der Waals surface area contributed by atoms with Gasteiger partial charge in [-0.3, -0.25) is 4.79 Å². The highest BCUT2D eigenvalue weighted by atomic mass is 16.5. The van der Waals surface area contributed by atoms with Gasteiger partial charge in [0.1, 0.15) is 5.75 Å². The molecule has 1 amide bonds. The molecule has 0 bridgehead atoms. The van der Waals surface area contributed by atoms with Crippen molar-refractivity contribution in [3.8, 4) is 5.75 Å². The molecule has 110 valence electrons. The first-order valence-corrected chi connectivity index (χ1v) is 7.38. The van der Waals surface area contributed by atoms with Crippen molar-refractivity contribution in [1.29, 1.82) is 0 Å². The zero-order valence-corrected chi connectivity index (χ0v) is 12.3. The molecule has 1 aromatic carbocycles. The Morgan fingerprint density at radius 2 is 2.05 bits per heavy atom. The van der Waals surface area contributed by atoms with Crippen LogP contribution >= 0.6 is 0 Å². The lowest BCUT2D eigenvalue weighted by Gasteiger charge is -2.19. The smallest absolute Gasteiger partial charge is 0.221 e. The second-order valence-corrected chi connectivity index (χ2v) is 5.26. The fourth-order valence-corrected chi connectivity index (χ4v) is 2.34. The average Bonchev–Trinajstić information content (AvgIpc) is 3.30. The Kier molecular flexibility index (Phi) is 5.41. The fourth-order valence-electron chi connectivity index (χ4n) is 2.34. The van der Waals surface area contributed by atoms with Crippen LogP contribution in [-0.4, -0.2) is 26.1 Å². The molecule has 0 aliphatic heterocycles. The number of hydrogen-bond donors (Lipinski definition) is 2. The summed E-state index contributed by atoms with van der Waals surface area (Å²) >= 11 is 0. The van der Waals surface area contributed by atoms with Crippen LogP contribution < -0.4 is 15.4 Å². The highest BCUT2D eigenvalue weighted by molar-refractivity contribution is 5.76. The third-order valence-corrected chi connectivity index (χ3v) is 3.66. The van der Waals surface area contributed by atoms with Crippen molar-refractivity contribution in [2.75, 3.05) is 20.2 Å². The monoisotopic (exact) mass is 276 g/mol. The predicted molar refractivity (Wildman–Crippen MR) is 79.8 cm³/mol. The molecule has 1 fully saturated rings. The molecule has 1 unspecified atom stereocenters. The van der Waals surface area contributed by atoms with Gasteiger partial charge in [-0.1, -0.05) is 19.1 Å². The summed E-state index contributed by atoms with van der Waals surface area (Å²) < 4.78 is 5.18. The lowest BCUT2D eigenvalue weighted by molar-refractivity contribution is -0.121. The molecule has 4 heteroatoms. The number of methoxy groups -OCH3 is 1. The number of carbonyl (C=O) groups excluding carboxylic acids is 1. The predicted octanol–water partition coefficient (Wildman–Crippen LogP) is 2.26. The number of amides is 1. The quantitative estimate of drug-likeness (QED) is 0.716. The summed E-state index contributed by atoms with van der Waals surface area (Å²) in [7, 11) is 1.66. The summed E-state index contributed by atoms with van der Waals surface area (Å²) in [6.07, 6.45) is 2.93. The van der Waals surface area contributed by atoms with E-state index in [4.69, 9.17) is 4.74 Å². The van der Waals surface area contributed by atoms with Crippen LogP contribution in [0.4, 0.5) is 0 Å². The maximum atomic E-state index is 12.0. The number of ether oxygens (including phenoxy) is 1. The van der Waals surface area contributed by atoms with Gasteiger partial charge in [0.25, 0.3) is 0 Å². The number of carbonyl (C=O) groups is 1. The molecule has 20 heavy (non-hydrogen) atoms. The van der Waals surface area contributed by atoms with Crippen molar-refractivity contribution in [1.82, 2.24) is 10.6 Å². The van der Waals surface area contributed by atoms with Crippen LogP contribution in [0.5, 0.6) is 5.75 Å². The molecular weight excluding hydrogens is 252 g/mol. The van der Waals surface area contributed by atoms with E-state index in [1.165, 1.54) is 18.4 Å². The Labute approximate surface area is 120 Å². The summed E-state index contributed by atoms with van der Waals surface area (Å²) in [5.74, 6) is 1.56. The molecule has 0 heterocycles. The first-order chi connectivity index (χ1) is 9.74. The molecule has 1 aliphatic carbocycles. The molecule has 2 N–H and O–H groups in total. The largest absolute Gasteiger partial charge is 0.497 e. The van der Waals surface area contributed by atoms with E-state index < -0.39 is 0 Å².